The van der Waals surface area contributed by atoms with E-state index in [2.05, 4.69) is 10.6 Å². The minimum Gasteiger partial charge on any atom is -0.504 e. The van der Waals surface area contributed by atoms with Gasteiger partial charge in [0, 0.05) is 5.56 Å². The van der Waals surface area contributed by atoms with Crippen LogP contribution in [0.3, 0.4) is 0 Å². The molecule has 1 aromatic carbocycles. The Morgan fingerprint density at radius 1 is 1.21 bits per heavy atom. The molecule has 0 bridgehead atoms. The summed E-state index contributed by atoms with van der Waals surface area (Å²) in [6.45, 7) is 0. The van der Waals surface area contributed by atoms with Crippen LogP contribution in [-0.4, -0.2) is 21.2 Å². The normalized spacial score (nSPS) is 15.6. The Labute approximate surface area is 80.5 Å². The van der Waals surface area contributed by atoms with E-state index in [-0.39, 0.29) is 5.76 Å². The molecule has 2 rings (SSSR count). The van der Waals surface area contributed by atoms with E-state index >= 15 is 0 Å². The number of hydrogen-bond donors (Lipinski definition) is 3. The predicted octanol–water partition coefficient (Wildman–Crippen LogP) is 1.000. The summed E-state index contributed by atoms with van der Waals surface area (Å²) in [7, 11) is 0. The van der Waals surface area contributed by atoms with Crippen molar-refractivity contribution in [3.05, 3.63) is 47.9 Å². The van der Waals surface area contributed by atoms with E-state index in [1.54, 1.807) is 0 Å². The SMILES string of the molecule is OC1=CN(O)NN=C1c1ccccc1. The summed E-state index contributed by atoms with van der Waals surface area (Å²) in [5.74, 6) is -0.0857. The monoisotopic (exact) mass is 191 g/mol. The largest absolute Gasteiger partial charge is 0.504 e. The van der Waals surface area contributed by atoms with Gasteiger partial charge in [-0.1, -0.05) is 30.3 Å². The van der Waals surface area contributed by atoms with E-state index in [4.69, 9.17) is 5.21 Å². The van der Waals surface area contributed by atoms with Crippen LogP contribution in [0, 0.1) is 0 Å². The second kappa shape index (κ2) is 3.39. The van der Waals surface area contributed by atoms with Gasteiger partial charge in [-0.2, -0.15) is 15.8 Å². The van der Waals surface area contributed by atoms with Crippen molar-refractivity contribution in [2.45, 2.75) is 0 Å². The molecule has 1 heterocycles. The molecule has 14 heavy (non-hydrogen) atoms. The number of benzene rings is 1. The molecule has 0 unspecified atom stereocenters. The Balaban J connectivity index is 2.34. The van der Waals surface area contributed by atoms with Gasteiger partial charge in [0.25, 0.3) is 0 Å². The van der Waals surface area contributed by atoms with Crippen LogP contribution in [0.5, 0.6) is 0 Å². The van der Waals surface area contributed by atoms with E-state index in [0.29, 0.717) is 10.9 Å². The van der Waals surface area contributed by atoms with E-state index < -0.39 is 0 Å². The van der Waals surface area contributed by atoms with Gasteiger partial charge in [-0.3, -0.25) is 5.21 Å². The van der Waals surface area contributed by atoms with Gasteiger partial charge in [-0.05, 0) is 0 Å². The molecule has 0 amide bonds. The molecule has 0 fully saturated rings. The van der Waals surface area contributed by atoms with Gasteiger partial charge in [0.2, 0.25) is 0 Å². The molecule has 1 aliphatic rings. The number of hydrazine groups is 1. The van der Waals surface area contributed by atoms with E-state index in [1.165, 1.54) is 0 Å². The highest BCUT2D eigenvalue weighted by molar-refractivity contribution is 6.11. The van der Waals surface area contributed by atoms with Crippen LogP contribution in [0.25, 0.3) is 0 Å². The Kier molecular flexibility index (Phi) is 2.08. The predicted molar refractivity (Wildman–Crippen MR) is 50.5 cm³/mol. The zero-order valence-corrected chi connectivity index (χ0v) is 7.25. The van der Waals surface area contributed by atoms with Gasteiger partial charge in [0.15, 0.2) is 5.76 Å². The lowest BCUT2D eigenvalue weighted by molar-refractivity contribution is -0.0923. The lowest BCUT2D eigenvalue weighted by Gasteiger charge is -2.17. The van der Waals surface area contributed by atoms with Crippen LogP contribution in [0.4, 0.5) is 0 Å². The average Bonchev–Trinajstić information content (AvgIpc) is 2.19. The maximum absolute atomic E-state index is 9.48. The third-order valence-electron chi connectivity index (χ3n) is 1.80. The molecule has 0 aromatic heterocycles. The van der Waals surface area contributed by atoms with Gasteiger partial charge >= 0.3 is 0 Å². The maximum Gasteiger partial charge on any atom is 0.164 e. The maximum atomic E-state index is 9.48. The minimum atomic E-state index is -0.0857. The summed E-state index contributed by atoms with van der Waals surface area (Å²) in [4.78, 5) is 0. The van der Waals surface area contributed by atoms with Gasteiger partial charge < -0.3 is 5.11 Å². The van der Waals surface area contributed by atoms with E-state index in [9.17, 15) is 5.11 Å². The van der Waals surface area contributed by atoms with Crippen LogP contribution < -0.4 is 5.53 Å². The quantitative estimate of drug-likeness (QED) is 0.619. The Morgan fingerprint density at radius 2 is 1.93 bits per heavy atom. The van der Waals surface area contributed by atoms with Crippen molar-refractivity contribution in [1.29, 1.82) is 0 Å². The van der Waals surface area contributed by atoms with Gasteiger partial charge in [-0.25, -0.2) is 0 Å². The fraction of sp³-hybridized carbons (Fsp3) is 0. The molecule has 0 saturated carbocycles. The fourth-order valence-corrected chi connectivity index (χ4v) is 1.17. The summed E-state index contributed by atoms with van der Waals surface area (Å²) in [5.41, 5.74) is 3.48. The van der Waals surface area contributed by atoms with Gasteiger partial charge in [0.1, 0.15) is 5.71 Å². The second-order valence-corrected chi connectivity index (χ2v) is 2.79. The number of rotatable bonds is 1. The summed E-state index contributed by atoms with van der Waals surface area (Å²) in [6.07, 6.45) is 1.13. The number of nitrogens with one attached hydrogen (secondary N) is 1. The number of hydrazone groups is 1. The first-order valence-electron chi connectivity index (χ1n) is 4.05. The standard InChI is InChI=1S/C9H9N3O2/c13-8-6-12(14)11-10-9(8)7-4-2-1-3-5-7/h1-6,11,13-14H. The number of hydrogen-bond acceptors (Lipinski definition) is 5. The first kappa shape index (κ1) is 8.58. The summed E-state index contributed by atoms with van der Waals surface area (Å²) >= 11 is 0. The van der Waals surface area contributed by atoms with Crippen molar-refractivity contribution in [3.8, 4) is 0 Å². The molecule has 1 aliphatic heterocycles. The second-order valence-electron chi connectivity index (χ2n) is 2.79. The molecule has 0 saturated heterocycles. The first-order valence-corrected chi connectivity index (χ1v) is 4.05. The van der Waals surface area contributed by atoms with Crippen LogP contribution in [0.2, 0.25) is 0 Å². The third-order valence-corrected chi connectivity index (χ3v) is 1.80. The van der Waals surface area contributed by atoms with Crippen molar-refractivity contribution < 1.29 is 10.3 Å². The van der Waals surface area contributed by atoms with Gasteiger partial charge in [0.05, 0.1) is 6.20 Å². The van der Waals surface area contributed by atoms with E-state index in [0.717, 1.165) is 11.8 Å². The van der Waals surface area contributed by atoms with Crippen molar-refractivity contribution in [3.63, 3.8) is 0 Å². The summed E-state index contributed by atoms with van der Waals surface area (Å²) in [5, 5.41) is 22.8. The first-order chi connectivity index (χ1) is 6.77. The van der Waals surface area contributed by atoms with Crippen LogP contribution in [-0.2, 0) is 0 Å². The molecule has 0 spiro atoms. The lowest BCUT2D eigenvalue weighted by atomic mass is 10.1. The lowest BCUT2D eigenvalue weighted by Crippen LogP contribution is -2.32. The molecular formula is C9H9N3O2. The molecule has 0 atom stereocenters. The number of allylic oxidation sites excluding steroid dienone is 1. The minimum absolute atomic E-state index is 0.0857. The number of nitrogens with zero attached hydrogens (tertiary/aromatic N) is 2. The Morgan fingerprint density at radius 3 is 2.57 bits per heavy atom. The molecule has 3 N–H and O–H groups in total. The highest BCUT2D eigenvalue weighted by atomic mass is 16.5. The fourth-order valence-electron chi connectivity index (χ4n) is 1.17. The number of hydroxylamine groups is 1. The molecule has 5 nitrogen and oxygen atoms in total. The number of aliphatic hydroxyl groups is 1. The van der Waals surface area contributed by atoms with E-state index in [1.807, 2.05) is 30.3 Å². The van der Waals surface area contributed by atoms with Crippen molar-refractivity contribution in [1.82, 2.24) is 10.7 Å². The molecule has 5 heteroatoms. The zero-order valence-electron chi connectivity index (χ0n) is 7.25. The molecule has 0 aliphatic carbocycles. The highest BCUT2D eigenvalue weighted by Gasteiger charge is 2.14. The van der Waals surface area contributed by atoms with Crippen molar-refractivity contribution >= 4 is 5.71 Å². The molecule has 72 valence electrons. The summed E-state index contributed by atoms with van der Waals surface area (Å²) < 4.78 is 0. The third kappa shape index (κ3) is 1.53. The van der Waals surface area contributed by atoms with Crippen LogP contribution in [0.1, 0.15) is 5.56 Å². The molecule has 0 radical (unpaired) electrons. The number of aliphatic hydroxyl groups excluding tert-OH is 1. The zero-order chi connectivity index (χ0) is 9.97. The smallest absolute Gasteiger partial charge is 0.164 e. The van der Waals surface area contributed by atoms with Gasteiger partial charge in [-0.15, -0.1) is 0 Å². The van der Waals surface area contributed by atoms with Crippen molar-refractivity contribution in [2.75, 3.05) is 0 Å². The van der Waals surface area contributed by atoms with Crippen LogP contribution >= 0.6 is 0 Å². The molecular weight excluding hydrogens is 182 g/mol. The van der Waals surface area contributed by atoms with Crippen LogP contribution in [0.15, 0.2) is 47.4 Å². The Bertz CT molecular complexity index is 386. The Hall–Kier alpha value is -2.01. The molecule has 1 aromatic rings. The highest BCUT2D eigenvalue weighted by Crippen LogP contribution is 2.09. The topological polar surface area (TPSA) is 68.1 Å². The average molecular weight is 191 g/mol. The summed E-state index contributed by atoms with van der Waals surface area (Å²) in [6, 6.07) is 9.20. The van der Waals surface area contributed by atoms with Crippen molar-refractivity contribution in [2.24, 2.45) is 5.10 Å².